The van der Waals surface area contributed by atoms with Crippen LogP contribution < -0.4 is 10.1 Å². The number of hydrogen-bond acceptors (Lipinski definition) is 4. The number of rotatable bonds is 3. The van der Waals surface area contributed by atoms with Crippen molar-refractivity contribution in [2.75, 3.05) is 12.4 Å². The molecular weight excluding hydrogens is 166 g/mol. The van der Waals surface area contributed by atoms with Gasteiger partial charge in [-0.3, -0.25) is 0 Å². The highest BCUT2D eigenvalue weighted by Crippen LogP contribution is 2.33. The van der Waals surface area contributed by atoms with Crippen molar-refractivity contribution in [2.24, 2.45) is 5.92 Å². The van der Waals surface area contributed by atoms with Gasteiger partial charge in [-0.1, -0.05) is 6.92 Å². The summed E-state index contributed by atoms with van der Waals surface area (Å²) in [5, 5.41) is 3.29. The standard InChI is InChI=1S/C9H13N3O/c1-6-5-7(6)12-8-9(13-2)11-4-3-10-8/h3-4,6-7H,5H2,1-2H3,(H,10,12). The fraction of sp³-hybridized carbons (Fsp3) is 0.556. The summed E-state index contributed by atoms with van der Waals surface area (Å²) >= 11 is 0. The molecule has 1 aliphatic carbocycles. The zero-order valence-corrected chi connectivity index (χ0v) is 7.82. The Morgan fingerprint density at radius 3 is 2.77 bits per heavy atom. The first-order chi connectivity index (χ1) is 6.31. The fourth-order valence-electron chi connectivity index (χ4n) is 1.27. The summed E-state index contributed by atoms with van der Waals surface area (Å²) in [6, 6.07) is 0.547. The highest BCUT2D eigenvalue weighted by molar-refractivity contribution is 5.46. The lowest BCUT2D eigenvalue weighted by molar-refractivity contribution is 0.397. The lowest BCUT2D eigenvalue weighted by atomic mass is 10.4. The molecule has 4 nitrogen and oxygen atoms in total. The van der Waals surface area contributed by atoms with Crippen LogP contribution in [0.15, 0.2) is 12.4 Å². The molecule has 4 heteroatoms. The number of ether oxygens (including phenoxy) is 1. The Morgan fingerprint density at radius 2 is 2.15 bits per heavy atom. The van der Waals surface area contributed by atoms with Gasteiger partial charge in [-0.2, -0.15) is 0 Å². The SMILES string of the molecule is COc1nccnc1NC1CC1C. The van der Waals surface area contributed by atoms with Crippen LogP contribution in [0.1, 0.15) is 13.3 Å². The molecule has 13 heavy (non-hydrogen) atoms. The van der Waals surface area contributed by atoms with E-state index in [1.54, 1.807) is 19.5 Å². The molecule has 1 N–H and O–H groups in total. The predicted octanol–water partition coefficient (Wildman–Crippen LogP) is 1.31. The van der Waals surface area contributed by atoms with Gasteiger partial charge in [-0.15, -0.1) is 0 Å². The maximum Gasteiger partial charge on any atom is 0.257 e. The average Bonchev–Trinajstić information content (AvgIpc) is 2.83. The smallest absolute Gasteiger partial charge is 0.257 e. The van der Waals surface area contributed by atoms with Crippen molar-refractivity contribution in [1.82, 2.24) is 9.97 Å². The Bertz CT molecular complexity index is 303. The second-order valence-electron chi connectivity index (χ2n) is 3.38. The topological polar surface area (TPSA) is 47.0 Å². The maximum atomic E-state index is 5.07. The third-order valence-corrected chi connectivity index (χ3v) is 2.29. The molecule has 1 saturated carbocycles. The first kappa shape index (κ1) is 8.29. The van der Waals surface area contributed by atoms with Gasteiger partial charge >= 0.3 is 0 Å². The van der Waals surface area contributed by atoms with E-state index >= 15 is 0 Å². The van der Waals surface area contributed by atoms with Crippen molar-refractivity contribution >= 4 is 5.82 Å². The van der Waals surface area contributed by atoms with Gasteiger partial charge in [0.1, 0.15) is 0 Å². The van der Waals surface area contributed by atoms with E-state index in [0.29, 0.717) is 11.9 Å². The van der Waals surface area contributed by atoms with Gasteiger partial charge in [0, 0.05) is 18.4 Å². The normalized spacial score (nSPS) is 25.4. The molecule has 0 bridgehead atoms. The van der Waals surface area contributed by atoms with E-state index in [1.165, 1.54) is 6.42 Å². The van der Waals surface area contributed by atoms with Crippen LogP contribution in [0.25, 0.3) is 0 Å². The molecule has 1 aromatic heterocycles. The van der Waals surface area contributed by atoms with Gasteiger partial charge in [-0.05, 0) is 12.3 Å². The molecule has 0 radical (unpaired) electrons. The van der Waals surface area contributed by atoms with Gasteiger partial charge in [0.05, 0.1) is 7.11 Å². The van der Waals surface area contributed by atoms with Crippen LogP contribution in [0, 0.1) is 5.92 Å². The molecule has 0 aromatic carbocycles. The molecule has 2 rings (SSSR count). The van der Waals surface area contributed by atoms with E-state index in [-0.39, 0.29) is 0 Å². The quantitative estimate of drug-likeness (QED) is 0.759. The summed E-state index contributed by atoms with van der Waals surface area (Å²) in [4.78, 5) is 8.22. The van der Waals surface area contributed by atoms with Crippen molar-refractivity contribution in [3.8, 4) is 5.88 Å². The molecule has 1 aromatic rings. The van der Waals surface area contributed by atoms with Gasteiger partial charge in [-0.25, -0.2) is 9.97 Å². The third kappa shape index (κ3) is 1.71. The number of aromatic nitrogens is 2. The minimum absolute atomic E-state index is 0.547. The van der Waals surface area contributed by atoms with Crippen LogP contribution in [0.2, 0.25) is 0 Å². The molecule has 2 unspecified atom stereocenters. The van der Waals surface area contributed by atoms with E-state index in [1.807, 2.05) is 0 Å². The lowest BCUT2D eigenvalue weighted by Crippen LogP contribution is -2.07. The van der Waals surface area contributed by atoms with Crippen LogP contribution in [-0.4, -0.2) is 23.1 Å². The number of hydrogen-bond donors (Lipinski definition) is 1. The molecule has 70 valence electrons. The molecule has 1 fully saturated rings. The van der Waals surface area contributed by atoms with E-state index in [9.17, 15) is 0 Å². The van der Waals surface area contributed by atoms with Crippen molar-refractivity contribution in [3.63, 3.8) is 0 Å². The summed E-state index contributed by atoms with van der Waals surface area (Å²) < 4.78 is 5.07. The van der Waals surface area contributed by atoms with Crippen LogP contribution in [0.4, 0.5) is 5.82 Å². The summed E-state index contributed by atoms with van der Waals surface area (Å²) in [6.07, 6.45) is 4.50. The molecule has 0 saturated heterocycles. The van der Waals surface area contributed by atoms with Crippen molar-refractivity contribution in [1.29, 1.82) is 0 Å². The molecule has 0 aliphatic heterocycles. The Kier molecular flexibility index (Phi) is 2.04. The summed E-state index contributed by atoms with van der Waals surface area (Å²) in [6.45, 7) is 2.21. The highest BCUT2D eigenvalue weighted by Gasteiger charge is 2.33. The molecule has 0 spiro atoms. The number of nitrogens with zero attached hydrogens (tertiary/aromatic N) is 2. The second kappa shape index (κ2) is 3.20. The van der Waals surface area contributed by atoms with E-state index in [2.05, 4.69) is 22.2 Å². The van der Waals surface area contributed by atoms with Crippen molar-refractivity contribution < 1.29 is 4.74 Å². The molecule has 2 atom stereocenters. The molecular formula is C9H13N3O. The van der Waals surface area contributed by atoms with E-state index in [4.69, 9.17) is 4.74 Å². The minimum atomic E-state index is 0.547. The van der Waals surface area contributed by atoms with Gasteiger partial charge in [0.15, 0.2) is 5.82 Å². The Hall–Kier alpha value is -1.32. The monoisotopic (exact) mass is 179 g/mol. The third-order valence-electron chi connectivity index (χ3n) is 2.29. The Labute approximate surface area is 77.4 Å². The highest BCUT2D eigenvalue weighted by atomic mass is 16.5. The second-order valence-corrected chi connectivity index (χ2v) is 3.38. The van der Waals surface area contributed by atoms with Crippen LogP contribution in [-0.2, 0) is 0 Å². The largest absolute Gasteiger partial charge is 0.478 e. The summed E-state index contributed by atoms with van der Waals surface area (Å²) in [5.41, 5.74) is 0. The first-order valence-corrected chi connectivity index (χ1v) is 4.43. The minimum Gasteiger partial charge on any atom is -0.478 e. The fourth-order valence-corrected chi connectivity index (χ4v) is 1.27. The lowest BCUT2D eigenvalue weighted by Gasteiger charge is -2.06. The van der Waals surface area contributed by atoms with Crippen LogP contribution >= 0.6 is 0 Å². The zero-order valence-electron chi connectivity index (χ0n) is 7.82. The molecule has 1 aliphatic rings. The maximum absolute atomic E-state index is 5.07. The summed E-state index contributed by atoms with van der Waals surface area (Å²) in [5.74, 6) is 2.06. The number of anilines is 1. The Balaban J connectivity index is 2.09. The van der Waals surface area contributed by atoms with E-state index in [0.717, 1.165) is 11.7 Å². The Morgan fingerprint density at radius 1 is 1.46 bits per heavy atom. The average molecular weight is 179 g/mol. The van der Waals surface area contributed by atoms with Gasteiger partial charge in [0.25, 0.3) is 5.88 Å². The molecule has 1 heterocycles. The van der Waals surface area contributed by atoms with E-state index < -0.39 is 0 Å². The zero-order chi connectivity index (χ0) is 9.26. The van der Waals surface area contributed by atoms with Crippen molar-refractivity contribution in [3.05, 3.63) is 12.4 Å². The molecule has 0 amide bonds. The summed E-state index contributed by atoms with van der Waals surface area (Å²) in [7, 11) is 1.60. The van der Waals surface area contributed by atoms with Crippen LogP contribution in [0.5, 0.6) is 5.88 Å². The predicted molar refractivity (Wildman–Crippen MR) is 49.8 cm³/mol. The van der Waals surface area contributed by atoms with Crippen LogP contribution in [0.3, 0.4) is 0 Å². The number of nitrogens with one attached hydrogen (secondary N) is 1. The van der Waals surface area contributed by atoms with Crippen molar-refractivity contribution in [2.45, 2.75) is 19.4 Å². The van der Waals surface area contributed by atoms with Gasteiger partial charge < -0.3 is 10.1 Å². The van der Waals surface area contributed by atoms with Gasteiger partial charge in [0.2, 0.25) is 0 Å². The first-order valence-electron chi connectivity index (χ1n) is 4.43. The number of methoxy groups -OCH3 is 1.